The van der Waals surface area contributed by atoms with E-state index in [9.17, 15) is 24.3 Å². The fraction of sp³-hybridized carbons (Fsp3) is 0.765. The van der Waals surface area contributed by atoms with Gasteiger partial charge >= 0.3 is 17.9 Å². The van der Waals surface area contributed by atoms with Crippen LogP contribution in [-0.2, 0) is 23.9 Å². The number of allylic oxidation sites excluding steroid dienone is 2. The topological polar surface area (TPSA) is 118 Å². The number of rotatable bonds is 9. The molecule has 0 aromatic carbocycles. The molecule has 4 rings (SSSR count). The average molecular weight is 571 g/mol. The molecule has 0 aromatic rings. The van der Waals surface area contributed by atoms with Gasteiger partial charge < -0.3 is 14.9 Å². The molecule has 0 aliphatic heterocycles. The van der Waals surface area contributed by atoms with Crippen molar-refractivity contribution >= 4 is 23.7 Å². The molecule has 8 atom stereocenters. The Hall–Kier alpha value is -2.44. The monoisotopic (exact) mass is 570 g/mol. The quantitative estimate of drug-likeness (QED) is 0.133. The summed E-state index contributed by atoms with van der Waals surface area (Å²) in [6.07, 6.45) is 7.42. The van der Waals surface area contributed by atoms with Crippen LogP contribution in [0.3, 0.4) is 0 Å². The van der Waals surface area contributed by atoms with E-state index in [1.54, 1.807) is 11.1 Å². The standard InChI is InChI=1S/C34H50O7/c1-19(17-25(35)20(2)21(3)30(39)40)22-11-15-34(8)24-9-10-26-31(4,5)27(41-29(38)18-28(36)37)13-14-32(26,6)23(24)12-16-33(22,34)7/h19,21-22,26-27H,2,9-18H2,1,3-8H3,(H,36,37)(H,39,40)/t19-,21?,22-,26?,27-,32-,33-,34+/m1/s1. The van der Waals surface area contributed by atoms with Gasteiger partial charge in [-0.25, -0.2) is 0 Å². The predicted molar refractivity (Wildman–Crippen MR) is 156 cm³/mol. The van der Waals surface area contributed by atoms with Crippen LogP contribution in [0.4, 0.5) is 0 Å². The smallest absolute Gasteiger partial charge is 0.317 e. The summed E-state index contributed by atoms with van der Waals surface area (Å²) in [5.74, 6) is -2.94. The lowest BCUT2D eigenvalue weighted by atomic mass is 9.43. The number of hydrogen-bond donors (Lipinski definition) is 2. The molecular formula is C34H50O7. The number of carbonyl (C=O) groups excluding carboxylic acids is 2. The number of fused-ring (bicyclic) bond motifs is 4. The minimum Gasteiger partial charge on any atom is -0.481 e. The zero-order chi connectivity index (χ0) is 30.7. The summed E-state index contributed by atoms with van der Waals surface area (Å²) < 4.78 is 5.77. The van der Waals surface area contributed by atoms with Crippen molar-refractivity contribution < 1.29 is 34.1 Å². The van der Waals surface area contributed by atoms with Crippen LogP contribution in [0.1, 0.15) is 113 Å². The largest absolute Gasteiger partial charge is 0.481 e. The second-order valence-electron chi connectivity index (χ2n) is 15.0. The number of hydrogen-bond acceptors (Lipinski definition) is 5. The average Bonchev–Trinajstić information content (AvgIpc) is 3.15. The Bertz CT molecular complexity index is 1180. The van der Waals surface area contributed by atoms with Gasteiger partial charge in [0.15, 0.2) is 5.78 Å². The minimum absolute atomic E-state index is 0.0154. The third-order valence-electron chi connectivity index (χ3n) is 12.8. The van der Waals surface area contributed by atoms with Crippen LogP contribution in [0.5, 0.6) is 0 Å². The normalized spacial score (nSPS) is 37.2. The van der Waals surface area contributed by atoms with Crippen LogP contribution >= 0.6 is 0 Å². The zero-order valence-electron chi connectivity index (χ0n) is 26.1. The molecule has 0 saturated heterocycles. The van der Waals surface area contributed by atoms with Crippen molar-refractivity contribution in [3.63, 3.8) is 0 Å². The molecule has 4 aliphatic carbocycles. The summed E-state index contributed by atoms with van der Waals surface area (Å²) in [6.45, 7) is 19.2. The van der Waals surface area contributed by atoms with Gasteiger partial charge in [0.25, 0.3) is 0 Å². The molecule has 0 amide bonds. The Kier molecular flexibility index (Phi) is 8.20. The molecular weight excluding hydrogens is 520 g/mol. The summed E-state index contributed by atoms with van der Waals surface area (Å²) in [5.41, 5.74) is 3.29. The second kappa shape index (κ2) is 10.7. The summed E-state index contributed by atoms with van der Waals surface area (Å²) in [4.78, 5) is 47.7. The molecule has 228 valence electrons. The van der Waals surface area contributed by atoms with Gasteiger partial charge in [0.05, 0.1) is 5.92 Å². The molecule has 7 nitrogen and oxygen atoms in total. The molecule has 0 aromatic heterocycles. The highest BCUT2D eigenvalue weighted by molar-refractivity contribution is 5.99. The fourth-order valence-electron chi connectivity index (χ4n) is 10.1. The molecule has 0 radical (unpaired) electrons. The lowest BCUT2D eigenvalue weighted by molar-refractivity contribution is -0.172. The van der Waals surface area contributed by atoms with E-state index in [-0.39, 0.29) is 45.0 Å². The van der Waals surface area contributed by atoms with Gasteiger partial charge in [0.1, 0.15) is 12.5 Å². The summed E-state index contributed by atoms with van der Waals surface area (Å²) >= 11 is 0. The molecule has 2 N–H and O–H groups in total. The number of esters is 1. The molecule has 2 fully saturated rings. The minimum atomic E-state index is -1.16. The van der Waals surface area contributed by atoms with E-state index in [4.69, 9.17) is 9.84 Å². The van der Waals surface area contributed by atoms with E-state index < -0.39 is 30.2 Å². The first-order valence-electron chi connectivity index (χ1n) is 15.5. The maximum absolute atomic E-state index is 13.0. The van der Waals surface area contributed by atoms with Crippen LogP contribution in [-0.4, -0.2) is 40.0 Å². The van der Waals surface area contributed by atoms with Gasteiger partial charge in [-0.1, -0.05) is 59.3 Å². The van der Waals surface area contributed by atoms with Crippen LogP contribution in [0.2, 0.25) is 0 Å². The first-order chi connectivity index (χ1) is 18.9. The van der Waals surface area contributed by atoms with Crippen molar-refractivity contribution in [2.75, 3.05) is 0 Å². The van der Waals surface area contributed by atoms with E-state index in [0.29, 0.717) is 18.3 Å². The summed E-state index contributed by atoms with van der Waals surface area (Å²) in [7, 11) is 0. The molecule has 2 unspecified atom stereocenters. The third-order valence-corrected chi connectivity index (χ3v) is 12.8. The molecule has 0 bridgehead atoms. The van der Waals surface area contributed by atoms with Crippen molar-refractivity contribution in [2.24, 2.45) is 45.3 Å². The molecule has 7 heteroatoms. The fourth-order valence-corrected chi connectivity index (χ4v) is 10.1. The Morgan fingerprint density at radius 2 is 1.59 bits per heavy atom. The lowest BCUT2D eigenvalue weighted by Gasteiger charge is -2.62. The van der Waals surface area contributed by atoms with Crippen LogP contribution in [0.15, 0.2) is 23.3 Å². The number of aliphatic carboxylic acids is 2. The highest BCUT2D eigenvalue weighted by atomic mass is 16.5. The van der Waals surface area contributed by atoms with E-state index in [1.807, 2.05) is 0 Å². The Morgan fingerprint density at radius 3 is 2.20 bits per heavy atom. The van der Waals surface area contributed by atoms with E-state index >= 15 is 0 Å². The zero-order valence-corrected chi connectivity index (χ0v) is 26.1. The number of Topliss-reactive ketones (excluding diaryl/α,β-unsaturated/α-hetero) is 1. The van der Waals surface area contributed by atoms with Gasteiger partial charge in [-0.15, -0.1) is 0 Å². The number of carboxylic acids is 2. The van der Waals surface area contributed by atoms with Crippen molar-refractivity contribution in [3.05, 3.63) is 23.3 Å². The van der Waals surface area contributed by atoms with Gasteiger partial charge in [-0.2, -0.15) is 0 Å². The van der Waals surface area contributed by atoms with Crippen molar-refractivity contribution in [1.82, 2.24) is 0 Å². The Morgan fingerprint density at radius 1 is 0.927 bits per heavy atom. The number of carboxylic acid groups (broad SMARTS) is 2. The molecule has 0 spiro atoms. The summed E-state index contributed by atoms with van der Waals surface area (Å²) in [5, 5.41) is 18.4. The highest BCUT2D eigenvalue weighted by Crippen LogP contribution is 2.72. The van der Waals surface area contributed by atoms with Crippen molar-refractivity contribution in [2.45, 2.75) is 119 Å². The lowest BCUT2D eigenvalue weighted by Crippen LogP contribution is -2.56. The first kappa shape index (κ1) is 31.5. The Labute approximate surface area is 245 Å². The maximum Gasteiger partial charge on any atom is 0.317 e. The summed E-state index contributed by atoms with van der Waals surface area (Å²) in [6, 6.07) is 0. The second-order valence-corrected chi connectivity index (χ2v) is 15.0. The number of carbonyl (C=O) groups is 4. The van der Waals surface area contributed by atoms with Crippen LogP contribution in [0.25, 0.3) is 0 Å². The molecule has 41 heavy (non-hydrogen) atoms. The highest BCUT2D eigenvalue weighted by Gasteiger charge is 2.63. The number of ether oxygens (including phenoxy) is 1. The first-order valence-corrected chi connectivity index (χ1v) is 15.5. The van der Waals surface area contributed by atoms with Crippen LogP contribution in [0, 0.1) is 45.3 Å². The van der Waals surface area contributed by atoms with E-state index in [0.717, 1.165) is 51.4 Å². The SMILES string of the molecule is C=C(C(=O)C[C@@H](C)[C@H]1CC[C@@]2(C)C3=C(CC[C@]12C)[C@@]1(C)CC[C@@H](OC(=O)CC(=O)O)C(C)(C)C1CC3)C(C)C(=O)O. The van der Waals surface area contributed by atoms with Crippen LogP contribution < -0.4 is 0 Å². The van der Waals surface area contributed by atoms with E-state index in [1.165, 1.54) is 6.92 Å². The van der Waals surface area contributed by atoms with E-state index in [2.05, 4.69) is 48.1 Å². The van der Waals surface area contributed by atoms with Crippen molar-refractivity contribution in [1.29, 1.82) is 0 Å². The van der Waals surface area contributed by atoms with Crippen molar-refractivity contribution in [3.8, 4) is 0 Å². The predicted octanol–water partition coefficient (Wildman–Crippen LogP) is 6.99. The third kappa shape index (κ3) is 4.99. The Balaban J connectivity index is 1.57. The van der Waals surface area contributed by atoms with Gasteiger partial charge in [-0.05, 0) is 92.3 Å². The maximum atomic E-state index is 13.0. The van der Waals surface area contributed by atoms with Gasteiger partial charge in [0, 0.05) is 17.4 Å². The van der Waals surface area contributed by atoms with Gasteiger partial charge in [0.2, 0.25) is 0 Å². The molecule has 4 aliphatic rings. The molecule has 0 heterocycles. The molecule has 2 saturated carbocycles. The number of ketones is 1. The van der Waals surface area contributed by atoms with Gasteiger partial charge in [-0.3, -0.25) is 19.2 Å².